The summed E-state index contributed by atoms with van der Waals surface area (Å²) in [5.74, 6) is 1.18. The first-order valence-corrected chi connectivity index (χ1v) is 8.39. The van der Waals surface area contributed by atoms with Crippen molar-refractivity contribution in [3.8, 4) is 0 Å². The van der Waals surface area contributed by atoms with Crippen LogP contribution in [0.2, 0.25) is 0 Å². The van der Waals surface area contributed by atoms with E-state index in [1.54, 1.807) is 0 Å². The summed E-state index contributed by atoms with van der Waals surface area (Å²) >= 11 is 3.57. The summed E-state index contributed by atoms with van der Waals surface area (Å²) < 4.78 is 6.66. The lowest BCUT2D eigenvalue weighted by Crippen LogP contribution is -2.42. The van der Waals surface area contributed by atoms with E-state index in [9.17, 15) is 4.79 Å². The Morgan fingerprint density at radius 1 is 1.33 bits per heavy atom. The van der Waals surface area contributed by atoms with E-state index in [0.29, 0.717) is 12.5 Å². The Bertz CT molecular complexity index is 560. The number of benzene rings is 1. The standard InChI is InChI=1S/C17H22BrNO2/c1-17(2,3)21-16(20)19-9-12-6-7-13(18)8-14(12)15(10-19)11-4-5-11/h6-8,11,15H,4-5,9-10H2,1-3H3. The van der Waals surface area contributed by atoms with Gasteiger partial charge in [0.2, 0.25) is 0 Å². The highest BCUT2D eigenvalue weighted by molar-refractivity contribution is 9.10. The molecule has 0 aromatic heterocycles. The van der Waals surface area contributed by atoms with Crippen molar-refractivity contribution in [2.45, 2.75) is 51.7 Å². The molecular formula is C17H22BrNO2. The summed E-state index contributed by atoms with van der Waals surface area (Å²) in [5, 5.41) is 0. The number of hydrogen-bond acceptors (Lipinski definition) is 2. The van der Waals surface area contributed by atoms with Crippen LogP contribution in [0.25, 0.3) is 0 Å². The number of nitrogens with zero attached hydrogens (tertiary/aromatic N) is 1. The first-order chi connectivity index (χ1) is 9.83. The van der Waals surface area contributed by atoms with Gasteiger partial charge in [-0.1, -0.05) is 22.0 Å². The van der Waals surface area contributed by atoms with Gasteiger partial charge in [0.25, 0.3) is 0 Å². The van der Waals surface area contributed by atoms with Gasteiger partial charge < -0.3 is 9.64 Å². The van der Waals surface area contributed by atoms with Gasteiger partial charge >= 0.3 is 6.09 Å². The molecule has 1 unspecified atom stereocenters. The van der Waals surface area contributed by atoms with Crippen molar-refractivity contribution in [3.63, 3.8) is 0 Å². The average Bonchev–Trinajstić information content (AvgIpc) is 3.19. The highest BCUT2D eigenvalue weighted by Crippen LogP contribution is 2.46. The second-order valence-corrected chi connectivity index (χ2v) is 8.06. The van der Waals surface area contributed by atoms with Crippen molar-refractivity contribution in [2.75, 3.05) is 6.54 Å². The number of fused-ring (bicyclic) bond motifs is 1. The van der Waals surface area contributed by atoms with Crippen LogP contribution in [0.15, 0.2) is 22.7 Å². The summed E-state index contributed by atoms with van der Waals surface area (Å²) in [6.07, 6.45) is 2.36. The first kappa shape index (κ1) is 14.9. The molecule has 0 N–H and O–H groups in total. The maximum absolute atomic E-state index is 12.4. The van der Waals surface area contributed by atoms with Gasteiger partial charge in [-0.25, -0.2) is 4.79 Å². The van der Waals surface area contributed by atoms with Crippen LogP contribution < -0.4 is 0 Å². The topological polar surface area (TPSA) is 29.5 Å². The summed E-state index contributed by atoms with van der Waals surface area (Å²) in [6, 6.07) is 6.41. The minimum absolute atomic E-state index is 0.193. The summed E-state index contributed by atoms with van der Waals surface area (Å²) in [5.41, 5.74) is 2.23. The van der Waals surface area contributed by atoms with E-state index in [1.807, 2.05) is 25.7 Å². The van der Waals surface area contributed by atoms with E-state index in [0.717, 1.165) is 16.9 Å². The van der Waals surface area contributed by atoms with Gasteiger partial charge in [-0.3, -0.25) is 0 Å². The third-order valence-electron chi connectivity index (χ3n) is 4.13. The molecule has 1 heterocycles. The zero-order chi connectivity index (χ0) is 15.2. The fraction of sp³-hybridized carbons (Fsp3) is 0.588. The van der Waals surface area contributed by atoms with E-state index in [2.05, 4.69) is 34.1 Å². The van der Waals surface area contributed by atoms with Gasteiger partial charge in [-0.2, -0.15) is 0 Å². The highest BCUT2D eigenvalue weighted by Gasteiger charge is 2.39. The number of amides is 1. The molecule has 0 bridgehead atoms. The average molecular weight is 352 g/mol. The first-order valence-electron chi connectivity index (χ1n) is 7.60. The Balaban J connectivity index is 1.84. The fourth-order valence-electron chi connectivity index (χ4n) is 3.03. The molecule has 0 saturated heterocycles. The van der Waals surface area contributed by atoms with E-state index in [1.165, 1.54) is 24.0 Å². The number of carbonyl (C=O) groups is 1. The molecule has 1 aromatic rings. The Hall–Kier alpha value is -1.03. The smallest absolute Gasteiger partial charge is 0.410 e. The predicted octanol–water partition coefficient (Wildman–Crippen LogP) is 4.69. The van der Waals surface area contributed by atoms with Gasteiger partial charge in [-0.05, 0) is 62.8 Å². The second kappa shape index (κ2) is 5.31. The highest BCUT2D eigenvalue weighted by atomic mass is 79.9. The number of ether oxygens (including phenoxy) is 1. The van der Waals surface area contributed by atoms with Crippen LogP contribution in [0, 0.1) is 5.92 Å². The molecule has 1 aromatic carbocycles. The lowest BCUT2D eigenvalue weighted by atomic mass is 9.86. The third kappa shape index (κ3) is 3.42. The number of carbonyl (C=O) groups excluding carboxylic acids is 1. The van der Waals surface area contributed by atoms with Crippen molar-refractivity contribution in [1.29, 1.82) is 0 Å². The van der Waals surface area contributed by atoms with Gasteiger partial charge in [0.05, 0.1) is 0 Å². The summed E-state index contributed by atoms with van der Waals surface area (Å²) in [4.78, 5) is 14.2. The SMILES string of the molecule is CC(C)(C)OC(=O)N1Cc2ccc(Br)cc2C(C2CC2)C1. The molecule has 2 aliphatic rings. The van der Waals surface area contributed by atoms with Gasteiger partial charge in [0.15, 0.2) is 0 Å². The molecule has 1 fully saturated rings. The van der Waals surface area contributed by atoms with E-state index in [4.69, 9.17) is 4.74 Å². The predicted molar refractivity (Wildman–Crippen MR) is 86.3 cm³/mol. The number of rotatable bonds is 1. The molecule has 0 radical (unpaired) electrons. The molecular weight excluding hydrogens is 330 g/mol. The minimum Gasteiger partial charge on any atom is -0.444 e. The Morgan fingerprint density at radius 2 is 2.05 bits per heavy atom. The van der Waals surface area contributed by atoms with Crippen molar-refractivity contribution >= 4 is 22.0 Å². The van der Waals surface area contributed by atoms with E-state index in [-0.39, 0.29) is 6.09 Å². The molecule has 1 aliphatic carbocycles. The van der Waals surface area contributed by atoms with Crippen LogP contribution in [0.1, 0.15) is 50.7 Å². The molecule has 1 aliphatic heterocycles. The van der Waals surface area contributed by atoms with Crippen molar-refractivity contribution in [2.24, 2.45) is 5.92 Å². The quantitative estimate of drug-likeness (QED) is 0.734. The van der Waals surface area contributed by atoms with Crippen LogP contribution in [0.5, 0.6) is 0 Å². The molecule has 1 amide bonds. The van der Waals surface area contributed by atoms with Crippen LogP contribution in [0.3, 0.4) is 0 Å². The minimum atomic E-state index is -0.438. The molecule has 0 spiro atoms. The van der Waals surface area contributed by atoms with Crippen LogP contribution in [0.4, 0.5) is 4.79 Å². The molecule has 3 rings (SSSR count). The van der Waals surface area contributed by atoms with E-state index >= 15 is 0 Å². The maximum atomic E-state index is 12.4. The number of halogens is 1. The second-order valence-electron chi connectivity index (χ2n) is 7.15. The molecule has 1 atom stereocenters. The van der Waals surface area contributed by atoms with Crippen LogP contribution in [-0.4, -0.2) is 23.1 Å². The molecule has 3 nitrogen and oxygen atoms in total. The normalized spacial score (nSPS) is 21.9. The number of hydrogen-bond donors (Lipinski definition) is 0. The summed E-state index contributed by atoms with van der Waals surface area (Å²) in [7, 11) is 0. The van der Waals surface area contributed by atoms with Gasteiger partial charge in [-0.15, -0.1) is 0 Å². The van der Waals surface area contributed by atoms with Crippen molar-refractivity contribution < 1.29 is 9.53 Å². The molecule has 114 valence electrons. The Labute approximate surface area is 134 Å². The molecule has 21 heavy (non-hydrogen) atoms. The Kier molecular flexibility index (Phi) is 3.76. The monoisotopic (exact) mass is 351 g/mol. The van der Waals surface area contributed by atoms with Gasteiger partial charge in [0, 0.05) is 23.5 Å². The van der Waals surface area contributed by atoms with E-state index < -0.39 is 5.60 Å². The lowest BCUT2D eigenvalue weighted by Gasteiger charge is -2.36. The maximum Gasteiger partial charge on any atom is 0.410 e. The summed E-state index contributed by atoms with van der Waals surface area (Å²) in [6.45, 7) is 7.18. The molecule has 1 saturated carbocycles. The Morgan fingerprint density at radius 3 is 2.67 bits per heavy atom. The van der Waals surface area contributed by atoms with Crippen molar-refractivity contribution in [3.05, 3.63) is 33.8 Å². The zero-order valence-electron chi connectivity index (χ0n) is 12.9. The molecule has 4 heteroatoms. The zero-order valence-corrected chi connectivity index (χ0v) is 14.4. The van der Waals surface area contributed by atoms with Gasteiger partial charge in [0.1, 0.15) is 5.60 Å². The third-order valence-corrected chi connectivity index (χ3v) is 4.62. The van der Waals surface area contributed by atoms with Crippen LogP contribution in [-0.2, 0) is 11.3 Å². The lowest BCUT2D eigenvalue weighted by molar-refractivity contribution is 0.0200. The largest absolute Gasteiger partial charge is 0.444 e. The van der Waals surface area contributed by atoms with Crippen molar-refractivity contribution in [1.82, 2.24) is 4.90 Å². The van der Waals surface area contributed by atoms with Crippen LogP contribution >= 0.6 is 15.9 Å². The fourth-order valence-corrected chi connectivity index (χ4v) is 3.41.